The minimum Gasteiger partial charge on any atom is -0.486 e. The summed E-state index contributed by atoms with van der Waals surface area (Å²) in [7, 11) is 0. The third-order valence-corrected chi connectivity index (χ3v) is 8.98. The van der Waals surface area contributed by atoms with Crippen LogP contribution in [0.3, 0.4) is 0 Å². The molecule has 3 heterocycles. The standard InChI is InChI=1S/C31H35N3O4S/c1-21-6-8-23(9-7-21)29-26-18-25(11-10-22(26)12-13-34(29)30(35)24-4-2-3-5-24)38-19-28-32-27(20-39-28)31(36)33-14-16-37-17-15-33/h6-11,18,20,24,29H,2-5,12-17,19H2,1H3/t29-/m0/s1. The molecule has 1 aromatic heterocycles. The second-order valence-corrected chi connectivity index (χ2v) is 11.7. The summed E-state index contributed by atoms with van der Waals surface area (Å²) in [6.45, 7) is 5.44. The van der Waals surface area contributed by atoms with Gasteiger partial charge < -0.3 is 19.3 Å². The van der Waals surface area contributed by atoms with Gasteiger partial charge in [-0.1, -0.05) is 48.7 Å². The lowest BCUT2D eigenvalue weighted by molar-refractivity contribution is -0.137. The smallest absolute Gasteiger partial charge is 0.273 e. The van der Waals surface area contributed by atoms with E-state index in [-0.39, 0.29) is 23.8 Å². The number of rotatable bonds is 6. The largest absolute Gasteiger partial charge is 0.486 e. The maximum absolute atomic E-state index is 13.7. The summed E-state index contributed by atoms with van der Waals surface area (Å²) >= 11 is 1.44. The van der Waals surface area contributed by atoms with Crippen LogP contribution in [0.25, 0.3) is 0 Å². The number of aromatic nitrogens is 1. The summed E-state index contributed by atoms with van der Waals surface area (Å²) in [4.78, 5) is 34.9. The van der Waals surface area contributed by atoms with Gasteiger partial charge >= 0.3 is 0 Å². The van der Waals surface area contributed by atoms with Gasteiger partial charge in [-0.25, -0.2) is 4.98 Å². The van der Waals surface area contributed by atoms with Crippen molar-refractivity contribution in [1.29, 1.82) is 0 Å². The van der Waals surface area contributed by atoms with Gasteiger partial charge in [0.15, 0.2) is 0 Å². The Bertz CT molecular complexity index is 1330. The lowest BCUT2D eigenvalue weighted by Crippen LogP contribution is -2.43. The molecule has 2 aromatic carbocycles. The van der Waals surface area contributed by atoms with Crippen molar-refractivity contribution < 1.29 is 19.1 Å². The highest BCUT2D eigenvalue weighted by Gasteiger charge is 2.36. The van der Waals surface area contributed by atoms with Crippen LogP contribution in [0.4, 0.5) is 0 Å². The molecule has 0 bridgehead atoms. The predicted octanol–water partition coefficient (Wildman–Crippen LogP) is 5.17. The number of thiazole rings is 1. The highest BCUT2D eigenvalue weighted by molar-refractivity contribution is 7.09. The number of nitrogens with zero attached hydrogens (tertiary/aromatic N) is 3. The molecular formula is C31H35N3O4S. The van der Waals surface area contributed by atoms with Gasteiger partial charge in [0.1, 0.15) is 23.1 Å². The molecule has 2 amide bonds. The van der Waals surface area contributed by atoms with Crippen molar-refractivity contribution in [3.05, 3.63) is 80.8 Å². The average molecular weight is 546 g/mol. The van der Waals surface area contributed by atoms with Crippen LogP contribution in [0.1, 0.15) is 69.5 Å². The Balaban J connectivity index is 1.22. The van der Waals surface area contributed by atoms with Gasteiger partial charge in [-0.3, -0.25) is 9.59 Å². The van der Waals surface area contributed by atoms with E-state index in [1.165, 1.54) is 22.5 Å². The van der Waals surface area contributed by atoms with Crippen LogP contribution in [-0.2, 0) is 22.6 Å². The van der Waals surface area contributed by atoms with Gasteiger partial charge in [-0.05, 0) is 55.0 Å². The van der Waals surface area contributed by atoms with E-state index < -0.39 is 0 Å². The first-order valence-corrected chi connectivity index (χ1v) is 14.9. The lowest BCUT2D eigenvalue weighted by atomic mass is 9.86. The molecule has 1 aliphatic carbocycles. The third kappa shape index (κ3) is 5.58. The van der Waals surface area contributed by atoms with Crippen LogP contribution in [0, 0.1) is 12.8 Å². The molecule has 3 aliphatic rings. The van der Waals surface area contributed by atoms with Gasteiger partial charge in [0.2, 0.25) is 5.91 Å². The number of carbonyl (C=O) groups is 2. The van der Waals surface area contributed by atoms with Crippen molar-refractivity contribution in [3.63, 3.8) is 0 Å². The Morgan fingerprint density at radius 2 is 1.82 bits per heavy atom. The number of morpholine rings is 1. The third-order valence-electron chi connectivity index (χ3n) is 8.16. The maximum Gasteiger partial charge on any atom is 0.273 e. The SMILES string of the molecule is Cc1ccc([C@H]2c3cc(OCc4nc(C(=O)N5CCOCC5)cs4)ccc3CCN2C(=O)C2CCCC2)cc1. The second kappa shape index (κ2) is 11.5. The van der Waals surface area contributed by atoms with Crippen LogP contribution in [0.2, 0.25) is 0 Å². The van der Waals surface area contributed by atoms with Gasteiger partial charge in [0, 0.05) is 30.9 Å². The maximum atomic E-state index is 13.7. The van der Waals surface area contributed by atoms with E-state index in [0.29, 0.717) is 38.6 Å². The molecule has 2 aliphatic heterocycles. The zero-order valence-electron chi connectivity index (χ0n) is 22.4. The molecule has 1 saturated heterocycles. The predicted molar refractivity (Wildman–Crippen MR) is 150 cm³/mol. The van der Waals surface area contributed by atoms with Crippen molar-refractivity contribution in [2.75, 3.05) is 32.8 Å². The Morgan fingerprint density at radius 3 is 2.59 bits per heavy atom. The van der Waals surface area contributed by atoms with E-state index in [2.05, 4.69) is 53.2 Å². The fourth-order valence-corrected chi connectivity index (χ4v) is 6.66. The molecule has 0 radical (unpaired) electrons. The van der Waals surface area contributed by atoms with Crippen LogP contribution in [0.15, 0.2) is 47.8 Å². The van der Waals surface area contributed by atoms with Crippen molar-refractivity contribution in [2.45, 2.75) is 51.7 Å². The van der Waals surface area contributed by atoms with E-state index in [9.17, 15) is 9.59 Å². The van der Waals surface area contributed by atoms with Gasteiger partial charge in [0.05, 0.1) is 19.3 Å². The fraction of sp³-hybridized carbons (Fsp3) is 0.452. The van der Waals surface area contributed by atoms with E-state index in [0.717, 1.165) is 60.5 Å². The summed E-state index contributed by atoms with van der Waals surface area (Å²) in [5.41, 5.74) is 5.20. The first-order chi connectivity index (χ1) is 19.1. The van der Waals surface area contributed by atoms with Gasteiger partial charge in [0.25, 0.3) is 5.91 Å². The first kappa shape index (κ1) is 26.0. The van der Waals surface area contributed by atoms with E-state index in [1.807, 2.05) is 11.4 Å². The van der Waals surface area contributed by atoms with E-state index in [1.54, 1.807) is 4.90 Å². The normalized spacial score (nSPS) is 19.7. The molecule has 1 atom stereocenters. The molecule has 39 heavy (non-hydrogen) atoms. The molecule has 0 spiro atoms. The molecule has 1 saturated carbocycles. The number of amides is 2. The number of hydrogen-bond donors (Lipinski definition) is 0. The number of benzene rings is 2. The monoisotopic (exact) mass is 545 g/mol. The summed E-state index contributed by atoms with van der Waals surface area (Å²) in [6, 6.07) is 14.7. The molecule has 8 heteroatoms. The lowest BCUT2D eigenvalue weighted by Gasteiger charge is -2.39. The van der Waals surface area contributed by atoms with E-state index in [4.69, 9.17) is 9.47 Å². The Hall–Kier alpha value is -3.23. The van der Waals surface area contributed by atoms with Crippen molar-refractivity contribution in [2.24, 2.45) is 5.92 Å². The van der Waals surface area contributed by atoms with Crippen LogP contribution < -0.4 is 4.74 Å². The highest BCUT2D eigenvalue weighted by Crippen LogP contribution is 2.40. The molecule has 7 nitrogen and oxygen atoms in total. The Kier molecular flexibility index (Phi) is 7.66. The topological polar surface area (TPSA) is 72.0 Å². The molecule has 6 rings (SSSR count). The Morgan fingerprint density at radius 1 is 1.05 bits per heavy atom. The quantitative estimate of drug-likeness (QED) is 0.428. The van der Waals surface area contributed by atoms with Crippen molar-refractivity contribution in [1.82, 2.24) is 14.8 Å². The van der Waals surface area contributed by atoms with Crippen LogP contribution in [0.5, 0.6) is 5.75 Å². The number of carbonyl (C=O) groups excluding carboxylic acids is 2. The molecule has 3 aromatic rings. The van der Waals surface area contributed by atoms with E-state index >= 15 is 0 Å². The number of fused-ring (bicyclic) bond motifs is 1. The number of ether oxygens (including phenoxy) is 2. The summed E-state index contributed by atoms with van der Waals surface area (Å²) in [6.07, 6.45) is 5.12. The van der Waals surface area contributed by atoms with Crippen LogP contribution >= 0.6 is 11.3 Å². The summed E-state index contributed by atoms with van der Waals surface area (Å²) in [5.74, 6) is 1.12. The average Bonchev–Trinajstić information content (AvgIpc) is 3.69. The van der Waals surface area contributed by atoms with Gasteiger partial charge in [-0.2, -0.15) is 0 Å². The fourth-order valence-electron chi connectivity index (χ4n) is 5.98. The zero-order chi connectivity index (χ0) is 26.8. The minimum atomic E-state index is -0.122. The van der Waals surface area contributed by atoms with Gasteiger partial charge in [-0.15, -0.1) is 11.3 Å². The molecule has 0 unspecified atom stereocenters. The Labute approximate surface area is 233 Å². The second-order valence-electron chi connectivity index (χ2n) is 10.8. The molecular weight excluding hydrogens is 510 g/mol. The first-order valence-electron chi connectivity index (χ1n) is 14.0. The van der Waals surface area contributed by atoms with Crippen molar-refractivity contribution >= 4 is 23.2 Å². The zero-order valence-corrected chi connectivity index (χ0v) is 23.3. The minimum absolute atomic E-state index is 0.0532. The highest BCUT2D eigenvalue weighted by atomic mass is 32.1. The van der Waals surface area contributed by atoms with Crippen LogP contribution in [-0.4, -0.2) is 59.4 Å². The molecule has 2 fully saturated rings. The summed E-state index contributed by atoms with van der Waals surface area (Å²) < 4.78 is 11.5. The molecule has 0 N–H and O–H groups in total. The number of hydrogen-bond acceptors (Lipinski definition) is 6. The van der Waals surface area contributed by atoms with Crippen molar-refractivity contribution in [3.8, 4) is 5.75 Å². The number of aryl methyl sites for hydroxylation is 1. The molecule has 204 valence electrons. The summed E-state index contributed by atoms with van der Waals surface area (Å²) in [5, 5.41) is 2.57.